The highest BCUT2D eigenvalue weighted by atomic mass is 32.2. The van der Waals surface area contributed by atoms with Gasteiger partial charge in [-0.05, 0) is 61.4 Å². The van der Waals surface area contributed by atoms with Crippen molar-refractivity contribution in [3.05, 3.63) is 58.8 Å². The van der Waals surface area contributed by atoms with Crippen LogP contribution in [0, 0.1) is 6.92 Å². The molecule has 2 aromatic rings. The molecule has 0 bridgehead atoms. The van der Waals surface area contributed by atoms with Crippen LogP contribution in [0.1, 0.15) is 24.1 Å². The first-order chi connectivity index (χ1) is 13.5. The molecule has 1 aromatic carbocycles. The molecule has 0 unspecified atom stereocenters. The zero-order valence-corrected chi connectivity index (χ0v) is 16.4. The molecule has 144 valence electrons. The fourth-order valence-electron chi connectivity index (χ4n) is 3.54. The lowest BCUT2D eigenvalue weighted by atomic mass is 10.2. The molecular weight excluding hydrogens is 374 g/mol. The van der Waals surface area contributed by atoms with E-state index < -0.39 is 11.1 Å². The highest BCUT2D eigenvalue weighted by Crippen LogP contribution is 2.33. The van der Waals surface area contributed by atoms with Crippen LogP contribution >= 0.6 is 11.8 Å². The average Bonchev–Trinajstić information content (AvgIpc) is 3.41. The molecule has 28 heavy (non-hydrogen) atoms. The fourth-order valence-corrected chi connectivity index (χ4v) is 4.36. The van der Waals surface area contributed by atoms with Gasteiger partial charge in [-0.2, -0.15) is 0 Å². The van der Waals surface area contributed by atoms with Crippen molar-refractivity contribution in [2.24, 2.45) is 0 Å². The largest absolute Gasteiger partial charge is 0.341 e. The third-order valence-electron chi connectivity index (χ3n) is 5.06. The molecule has 0 saturated carbocycles. The molecule has 6 nitrogen and oxygen atoms in total. The van der Waals surface area contributed by atoms with Crippen LogP contribution < -0.4 is 0 Å². The second-order valence-corrected chi connectivity index (χ2v) is 7.94. The second-order valence-electron chi connectivity index (χ2n) is 6.95. The standard InChI is InChI=1S/C21H21N3O3S/c1-15-7-2-3-9-17(15)23-12-6-8-16(23)13-18-20(26)24(21(27)28-18)14-19(25)22-10-4-5-11-22/h2-3,6-9,12-13H,4-5,10-11,14H2,1H3/b18-13+. The lowest BCUT2D eigenvalue weighted by Gasteiger charge is -2.18. The molecule has 3 heterocycles. The van der Waals surface area contributed by atoms with Crippen LogP contribution in [0.4, 0.5) is 4.79 Å². The zero-order chi connectivity index (χ0) is 19.7. The number of likely N-dealkylation sites (tertiary alicyclic amines) is 1. The SMILES string of the molecule is Cc1ccccc1-n1cccc1/C=C1/SC(=O)N(CC(=O)N2CCCC2)C1=O. The highest BCUT2D eigenvalue weighted by Gasteiger charge is 2.37. The molecule has 3 amide bonds. The number of aryl methyl sites for hydroxylation is 1. The third kappa shape index (κ3) is 3.49. The van der Waals surface area contributed by atoms with E-state index in [-0.39, 0.29) is 12.5 Å². The third-order valence-corrected chi connectivity index (χ3v) is 5.97. The molecule has 2 aliphatic rings. The van der Waals surface area contributed by atoms with Crippen molar-refractivity contribution in [3.63, 3.8) is 0 Å². The first kappa shape index (κ1) is 18.6. The van der Waals surface area contributed by atoms with Gasteiger partial charge >= 0.3 is 0 Å². The summed E-state index contributed by atoms with van der Waals surface area (Å²) in [6, 6.07) is 11.8. The molecule has 0 atom stereocenters. The number of imide groups is 1. The maximum Gasteiger partial charge on any atom is 0.294 e. The smallest absolute Gasteiger partial charge is 0.294 e. The van der Waals surface area contributed by atoms with Gasteiger partial charge < -0.3 is 9.47 Å². The molecule has 2 fully saturated rings. The van der Waals surface area contributed by atoms with Gasteiger partial charge in [0.1, 0.15) is 6.54 Å². The molecule has 2 aliphatic heterocycles. The van der Waals surface area contributed by atoms with Gasteiger partial charge in [-0.3, -0.25) is 19.3 Å². The first-order valence-electron chi connectivity index (χ1n) is 9.31. The Labute approximate surface area is 167 Å². The Balaban J connectivity index is 1.56. The van der Waals surface area contributed by atoms with Gasteiger partial charge in [0, 0.05) is 30.7 Å². The van der Waals surface area contributed by atoms with Gasteiger partial charge in [0.15, 0.2) is 0 Å². The van der Waals surface area contributed by atoms with Crippen molar-refractivity contribution >= 4 is 34.9 Å². The number of rotatable bonds is 4. The maximum atomic E-state index is 12.7. The summed E-state index contributed by atoms with van der Waals surface area (Å²) >= 11 is 0.887. The summed E-state index contributed by atoms with van der Waals surface area (Å²) in [7, 11) is 0. The number of carbonyl (C=O) groups is 3. The van der Waals surface area contributed by atoms with Crippen molar-refractivity contribution in [2.75, 3.05) is 19.6 Å². The summed E-state index contributed by atoms with van der Waals surface area (Å²) in [6.07, 6.45) is 5.60. The van der Waals surface area contributed by atoms with E-state index in [4.69, 9.17) is 0 Å². The topological polar surface area (TPSA) is 62.6 Å². The molecule has 7 heteroatoms. The van der Waals surface area contributed by atoms with Crippen molar-refractivity contribution in [1.29, 1.82) is 0 Å². The Kier molecular flexibility index (Phi) is 5.09. The van der Waals surface area contributed by atoms with E-state index in [1.54, 1.807) is 11.0 Å². The van der Waals surface area contributed by atoms with Crippen molar-refractivity contribution < 1.29 is 14.4 Å². The molecule has 0 N–H and O–H groups in total. The van der Waals surface area contributed by atoms with Crippen LogP contribution in [-0.4, -0.2) is 51.1 Å². The second kappa shape index (κ2) is 7.67. The van der Waals surface area contributed by atoms with Gasteiger partial charge in [0.2, 0.25) is 5.91 Å². The van der Waals surface area contributed by atoms with Gasteiger partial charge in [-0.25, -0.2) is 0 Å². The minimum absolute atomic E-state index is 0.163. The van der Waals surface area contributed by atoms with E-state index >= 15 is 0 Å². The summed E-state index contributed by atoms with van der Waals surface area (Å²) in [6.45, 7) is 3.25. The zero-order valence-electron chi connectivity index (χ0n) is 15.6. The van der Waals surface area contributed by atoms with Crippen molar-refractivity contribution in [2.45, 2.75) is 19.8 Å². The fraction of sp³-hybridized carbons (Fsp3) is 0.286. The summed E-state index contributed by atoms with van der Waals surface area (Å²) in [5.41, 5.74) is 2.94. The Bertz CT molecular complexity index is 973. The van der Waals surface area contributed by atoms with E-state index in [1.807, 2.05) is 54.1 Å². The van der Waals surface area contributed by atoms with Crippen LogP contribution in [0.2, 0.25) is 0 Å². The monoisotopic (exact) mass is 395 g/mol. The number of aromatic nitrogens is 1. The molecule has 0 spiro atoms. The lowest BCUT2D eigenvalue weighted by molar-refractivity contribution is -0.135. The van der Waals surface area contributed by atoms with Crippen LogP contribution in [0.3, 0.4) is 0 Å². The predicted octanol–water partition coefficient (Wildman–Crippen LogP) is 3.44. The van der Waals surface area contributed by atoms with E-state index in [9.17, 15) is 14.4 Å². The van der Waals surface area contributed by atoms with Gasteiger partial charge in [-0.1, -0.05) is 18.2 Å². The molecule has 0 aliphatic carbocycles. The predicted molar refractivity (Wildman–Crippen MR) is 109 cm³/mol. The molecule has 2 saturated heterocycles. The van der Waals surface area contributed by atoms with Crippen LogP contribution in [0.25, 0.3) is 11.8 Å². The van der Waals surface area contributed by atoms with Crippen LogP contribution in [0.15, 0.2) is 47.5 Å². The van der Waals surface area contributed by atoms with Gasteiger partial charge in [-0.15, -0.1) is 0 Å². The van der Waals surface area contributed by atoms with E-state index in [1.165, 1.54) is 0 Å². The van der Waals surface area contributed by atoms with Crippen molar-refractivity contribution in [3.8, 4) is 5.69 Å². The average molecular weight is 395 g/mol. The number of carbonyl (C=O) groups excluding carboxylic acids is 3. The Morgan fingerprint density at radius 1 is 1.11 bits per heavy atom. The number of benzene rings is 1. The van der Waals surface area contributed by atoms with E-state index in [2.05, 4.69) is 0 Å². The Hall–Kier alpha value is -2.80. The van der Waals surface area contributed by atoms with Gasteiger partial charge in [0.05, 0.1) is 4.91 Å². The first-order valence-corrected chi connectivity index (χ1v) is 10.1. The highest BCUT2D eigenvalue weighted by molar-refractivity contribution is 8.18. The number of hydrogen-bond donors (Lipinski definition) is 0. The number of amides is 3. The van der Waals surface area contributed by atoms with Crippen LogP contribution in [0.5, 0.6) is 0 Å². The van der Waals surface area contributed by atoms with Crippen LogP contribution in [-0.2, 0) is 9.59 Å². The van der Waals surface area contributed by atoms with Crippen molar-refractivity contribution in [1.82, 2.24) is 14.4 Å². The molecule has 4 rings (SSSR count). The molecular formula is C21H21N3O3S. The normalized spacial score (nSPS) is 18.5. The quantitative estimate of drug-likeness (QED) is 0.744. The number of hydrogen-bond acceptors (Lipinski definition) is 4. The van der Waals surface area contributed by atoms with E-state index in [0.717, 1.165) is 46.4 Å². The van der Waals surface area contributed by atoms with E-state index in [0.29, 0.717) is 18.0 Å². The number of para-hydroxylation sites is 1. The molecule has 0 radical (unpaired) electrons. The summed E-state index contributed by atoms with van der Waals surface area (Å²) in [5, 5.41) is -0.391. The summed E-state index contributed by atoms with van der Waals surface area (Å²) in [4.78, 5) is 40.5. The van der Waals surface area contributed by atoms with Gasteiger partial charge in [0.25, 0.3) is 11.1 Å². The number of nitrogens with zero attached hydrogens (tertiary/aromatic N) is 3. The summed E-state index contributed by atoms with van der Waals surface area (Å²) < 4.78 is 1.98. The lowest BCUT2D eigenvalue weighted by Crippen LogP contribution is -2.40. The minimum Gasteiger partial charge on any atom is -0.341 e. The Morgan fingerprint density at radius 2 is 1.86 bits per heavy atom. The summed E-state index contributed by atoms with van der Waals surface area (Å²) in [5.74, 6) is -0.565. The Morgan fingerprint density at radius 3 is 2.61 bits per heavy atom. The molecule has 1 aromatic heterocycles. The number of thioether (sulfide) groups is 1. The minimum atomic E-state index is -0.403. The maximum absolute atomic E-state index is 12.7.